The van der Waals surface area contributed by atoms with Gasteiger partial charge in [0.25, 0.3) is 0 Å². The molecule has 2 aliphatic heterocycles. The number of hydrogen-bond acceptors (Lipinski definition) is 3. The lowest BCUT2D eigenvalue weighted by atomic mass is 9.76. The van der Waals surface area contributed by atoms with Crippen molar-refractivity contribution in [3.05, 3.63) is 0 Å². The largest absolute Gasteiger partial charge is 0.381 e. The van der Waals surface area contributed by atoms with E-state index >= 15 is 0 Å². The molecule has 12 heavy (non-hydrogen) atoms. The van der Waals surface area contributed by atoms with Gasteiger partial charge in [0, 0.05) is 19.1 Å². The fourth-order valence-corrected chi connectivity index (χ4v) is 2.05. The van der Waals surface area contributed by atoms with Crippen LogP contribution in [0.3, 0.4) is 0 Å². The van der Waals surface area contributed by atoms with Crippen LogP contribution < -0.4 is 0 Å². The van der Waals surface area contributed by atoms with Crippen molar-refractivity contribution in [2.45, 2.75) is 12.8 Å². The van der Waals surface area contributed by atoms with Crippen molar-refractivity contribution in [3.8, 4) is 6.07 Å². The lowest BCUT2D eigenvalue weighted by Crippen LogP contribution is -2.29. The molecule has 2 unspecified atom stereocenters. The monoisotopic (exact) mass is 167 g/mol. The molecule has 0 spiro atoms. The Morgan fingerprint density at radius 2 is 2.25 bits per heavy atom. The molecule has 0 aromatic rings. The molecule has 2 saturated heterocycles. The fraction of sp³-hybridized carbons (Fsp3) is 0.889. The Hall–Kier alpha value is -0.590. The fourth-order valence-electron chi connectivity index (χ4n) is 2.05. The van der Waals surface area contributed by atoms with Crippen molar-refractivity contribution in [1.29, 1.82) is 5.26 Å². The second-order valence-electron chi connectivity index (χ2n) is 3.63. The van der Waals surface area contributed by atoms with Gasteiger partial charge < -0.3 is 9.47 Å². The molecule has 0 radical (unpaired) electrons. The lowest BCUT2D eigenvalue weighted by molar-refractivity contribution is 0.124. The molecule has 0 aromatic carbocycles. The van der Waals surface area contributed by atoms with E-state index in [1.54, 1.807) is 0 Å². The standard InChI is InChI=1S/C9H13NO2/c10-6-9(2-4-12-7-9)8-1-3-11-5-8/h8H,1-5,7H2. The quantitative estimate of drug-likeness (QED) is 0.584. The average Bonchev–Trinajstić information content (AvgIpc) is 2.76. The Bertz CT molecular complexity index is 197. The number of rotatable bonds is 1. The predicted octanol–water partition coefficient (Wildman–Crippen LogP) is 0.953. The molecule has 2 rings (SSSR count). The van der Waals surface area contributed by atoms with E-state index < -0.39 is 0 Å². The summed E-state index contributed by atoms with van der Waals surface area (Å²) >= 11 is 0. The summed E-state index contributed by atoms with van der Waals surface area (Å²) in [7, 11) is 0. The van der Waals surface area contributed by atoms with Crippen molar-refractivity contribution in [1.82, 2.24) is 0 Å². The first-order chi connectivity index (χ1) is 5.87. The van der Waals surface area contributed by atoms with Gasteiger partial charge >= 0.3 is 0 Å². The highest BCUT2D eigenvalue weighted by atomic mass is 16.5. The molecule has 3 nitrogen and oxygen atoms in total. The minimum absolute atomic E-state index is 0.226. The Labute approximate surface area is 72.3 Å². The third-order valence-corrected chi connectivity index (χ3v) is 2.99. The third kappa shape index (κ3) is 1.12. The molecule has 2 atom stereocenters. The predicted molar refractivity (Wildman–Crippen MR) is 42.4 cm³/mol. The maximum Gasteiger partial charge on any atom is 0.0879 e. The molecule has 0 saturated carbocycles. The minimum atomic E-state index is -0.226. The maximum atomic E-state index is 9.09. The van der Waals surface area contributed by atoms with Crippen LogP contribution in [0.4, 0.5) is 0 Å². The van der Waals surface area contributed by atoms with E-state index in [0.717, 1.165) is 32.7 Å². The van der Waals surface area contributed by atoms with Gasteiger partial charge in [0.05, 0.1) is 24.7 Å². The van der Waals surface area contributed by atoms with Crippen LogP contribution in [0, 0.1) is 22.7 Å². The smallest absolute Gasteiger partial charge is 0.0879 e. The van der Waals surface area contributed by atoms with Crippen molar-refractivity contribution in [2.24, 2.45) is 11.3 Å². The van der Waals surface area contributed by atoms with Gasteiger partial charge in [-0.2, -0.15) is 5.26 Å². The van der Waals surface area contributed by atoms with Gasteiger partial charge in [0.15, 0.2) is 0 Å². The zero-order valence-electron chi connectivity index (χ0n) is 7.08. The molecule has 2 heterocycles. The van der Waals surface area contributed by atoms with Crippen LogP contribution in [0.25, 0.3) is 0 Å². The van der Waals surface area contributed by atoms with Crippen LogP contribution in [0.1, 0.15) is 12.8 Å². The van der Waals surface area contributed by atoms with Gasteiger partial charge in [0.2, 0.25) is 0 Å². The molecule has 0 bridgehead atoms. The second-order valence-corrected chi connectivity index (χ2v) is 3.63. The molecule has 0 aromatic heterocycles. The molecule has 0 aliphatic carbocycles. The van der Waals surface area contributed by atoms with Crippen molar-refractivity contribution < 1.29 is 9.47 Å². The molecule has 3 heteroatoms. The average molecular weight is 167 g/mol. The third-order valence-electron chi connectivity index (χ3n) is 2.99. The van der Waals surface area contributed by atoms with Crippen LogP contribution in [0.15, 0.2) is 0 Å². The van der Waals surface area contributed by atoms with Crippen LogP contribution in [0.2, 0.25) is 0 Å². The first-order valence-corrected chi connectivity index (χ1v) is 4.44. The van der Waals surface area contributed by atoms with Crippen molar-refractivity contribution in [2.75, 3.05) is 26.4 Å². The van der Waals surface area contributed by atoms with Gasteiger partial charge in [-0.3, -0.25) is 0 Å². The summed E-state index contributed by atoms with van der Waals surface area (Å²) in [6.45, 7) is 2.91. The summed E-state index contributed by atoms with van der Waals surface area (Å²) in [6.07, 6.45) is 1.91. The van der Waals surface area contributed by atoms with Crippen molar-refractivity contribution in [3.63, 3.8) is 0 Å². The van der Waals surface area contributed by atoms with E-state index in [1.165, 1.54) is 0 Å². The number of nitriles is 1. The second kappa shape index (κ2) is 3.04. The Balaban J connectivity index is 2.11. The highest BCUT2D eigenvalue weighted by Crippen LogP contribution is 2.40. The summed E-state index contributed by atoms with van der Waals surface area (Å²) < 4.78 is 10.6. The first-order valence-electron chi connectivity index (χ1n) is 4.44. The van der Waals surface area contributed by atoms with E-state index in [0.29, 0.717) is 12.5 Å². The summed E-state index contributed by atoms with van der Waals surface area (Å²) in [5.41, 5.74) is -0.226. The minimum Gasteiger partial charge on any atom is -0.381 e. The molecule has 66 valence electrons. The zero-order valence-corrected chi connectivity index (χ0v) is 7.08. The van der Waals surface area contributed by atoms with E-state index in [9.17, 15) is 0 Å². The lowest BCUT2D eigenvalue weighted by Gasteiger charge is -2.24. The van der Waals surface area contributed by atoms with Crippen LogP contribution >= 0.6 is 0 Å². The topological polar surface area (TPSA) is 42.2 Å². The first kappa shape index (κ1) is 8.03. The number of hydrogen-bond donors (Lipinski definition) is 0. The Morgan fingerprint density at radius 3 is 2.75 bits per heavy atom. The maximum absolute atomic E-state index is 9.09. The van der Waals surface area contributed by atoms with Gasteiger partial charge in [-0.15, -0.1) is 0 Å². The van der Waals surface area contributed by atoms with Gasteiger partial charge in [-0.1, -0.05) is 0 Å². The van der Waals surface area contributed by atoms with E-state index in [4.69, 9.17) is 14.7 Å². The van der Waals surface area contributed by atoms with Crippen LogP contribution in [-0.4, -0.2) is 26.4 Å². The van der Waals surface area contributed by atoms with Crippen LogP contribution in [-0.2, 0) is 9.47 Å². The SMILES string of the molecule is N#CC1(C2CCOC2)CCOC1. The Morgan fingerprint density at radius 1 is 1.33 bits per heavy atom. The molecule has 2 aliphatic rings. The highest BCUT2D eigenvalue weighted by Gasteiger charge is 2.44. The molecule has 0 N–H and O–H groups in total. The summed E-state index contributed by atoms with van der Waals surface area (Å²) in [5.74, 6) is 0.407. The van der Waals surface area contributed by atoms with Gasteiger partial charge in [0.1, 0.15) is 0 Å². The van der Waals surface area contributed by atoms with E-state index in [2.05, 4.69) is 6.07 Å². The molecule has 2 fully saturated rings. The molecular formula is C9H13NO2. The zero-order chi connectivity index (χ0) is 8.44. The molecular weight excluding hydrogens is 154 g/mol. The molecule has 0 amide bonds. The van der Waals surface area contributed by atoms with Crippen molar-refractivity contribution >= 4 is 0 Å². The highest BCUT2D eigenvalue weighted by molar-refractivity contribution is 5.06. The van der Waals surface area contributed by atoms with Gasteiger partial charge in [-0.05, 0) is 12.8 Å². The summed E-state index contributed by atoms with van der Waals surface area (Å²) in [6, 6.07) is 2.41. The normalized spacial score (nSPS) is 41.4. The summed E-state index contributed by atoms with van der Waals surface area (Å²) in [4.78, 5) is 0. The Kier molecular flexibility index (Phi) is 2.03. The van der Waals surface area contributed by atoms with Crippen LogP contribution in [0.5, 0.6) is 0 Å². The number of nitrogens with zero attached hydrogens (tertiary/aromatic N) is 1. The van der Waals surface area contributed by atoms with Gasteiger partial charge in [-0.25, -0.2) is 0 Å². The summed E-state index contributed by atoms with van der Waals surface area (Å²) in [5, 5.41) is 9.09. The van der Waals surface area contributed by atoms with E-state index in [-0.39, 0.29) is 5.41 Å². The van der Waals surface area contributed by atoms with E-state index in [1.807, 2.05) is 0 Å². The number of ether oxygens (including phenoxy) is 2.